The Morgan fingerprint density at radius 1 is 1.09 bits per heavy atom. The van der Waals surface area contributed by atoms with Crippen LogP contribution in [0.4, 0.5) is 10.5 Å². The van der Waals surface area contributed by atoms with E-state index in [1.54, 1.807) is 52.3 Å². The van der Waals surface area contributed by atoms with Crippen LogP contribution >= 0.6 is 11.3 Å². The summed E-state index contributed by atoms with van der Waals surface area (Å²) in [4.78, 5) is 42.2. The van der Waals surface area contributed by atoms with E-state index < -0.39 is 5.97 Å². The number of hydrogen-bond acceptors (Lipinski definition) is 7. The Kier molecular flexibility index (Phi) is 8.38. The van der Waals surface area contributed by atoms with Gasteiger partial charge in [0.2, 0.25) is 5.91 Å². The molecule has 1 aromatic heterocycles. The van der Waals surface area contributed by atoms with Gasteiger partial charge < -0.3 is 29.3 Å². The summed E-state index contributed by atoms with van der Waals surface area (Å²) < 4.78 is 15.9. The second-order valence-electron chi connectivity index (χ2n) is 8.07. The van der Waals surface area contributed by atoms with E-state index in [1.807, 2.05) is 12.1 Å². The van der Waals surface area contributed by atoms with Crippen LogP contribution < -0.4 is 14.8 Å². The van der Waals surface area contributed by atoms with Gasteiger partial charge >= 0.3 is 12.0 Å². The number of esters is 1. The highest BCUT2D eigenvalue weighted by Gasteiger charge is 2.29. The Balaban J connectivity index is 1.81. The van der Waals surface area contributed by atoms with Gasteiger partial charge in [-0.15, -0.1) is 11.3 Å². The summed E-state index contributed by atoms with van der Waals surface area (Å²) in [6.45, 7) is 3.00. The van der Waals surface area contributed by atoms with Gasteiger partial charge in [-0.3, -0.25) is 4.79 Å². The van der Waals surface area contributed by atoms with E-state index in [-0.39, 0.29) is 24.5 Å². The number of anilines is 1. The van der Waals surface area contributed by atoms with Gasteiger partial charge in [-0.25, -0.2) is 9.59 Å². The number of urea groups is 1. The molecule has 10 heteroatoms. The Hall–Kier alpha value is -3.27. The van der Waals surface area contributed by atoms with Gasteiger partial charge in [0.1, 0.15) is 4.88 Å². The molecule has 3 amide bonds. The molecule has 0 bridgehead atoms. The summed E-state index contributed by atoms with van der Waals surface area (Å²) in [5.74, 6) is 0.266. The minimum atomic E-state index is -0.485. The van der Waals surface area contributed by atoms with Crippen LogP contribution in [0.5, 0.6) is 11.5 Å². The zero-order chi connectivity index (χ0) is 24.8. The Morgan fingerprint density at radius 3 is 2.35 bits per heavy atom. The molecule has 9 nitrogen and oxygen atoms in total. The number of nitrogens with zero attached hydrogens (tertiary/aromatic N) is 2. The third-order valence-electron chi connectivity index (χ3n) is 5.64. The van der Waals surface area contributed by atoms with Crippen LogP contribution in [0, 0.1) is 5.92 Å². The molecule has 0 atom stereocenters. The summed E-state index contributed by atoms with van der Waals surface area (Å²) in [5, 5.41) is 2.93. The Bertz CT molecular complexity index is 1040. The van der Waals surface area contributed by atoms with E-state index in [4.69, 9.17) is 14.2 Å². The average Bonchev–Trinajstić information content (AvgIpc) is 3.27. The summed E-state index contributed by atoms with van der Waals surface area (Å²) in [6.07, 6.45) is 1.12. The first-order valence-electron chi connectivity index (χ1n) is 11.1. The lowest BCUT2D eigenvalue weighted by atomic mass is 9.96. The first-order valence-corrected chi connectivity index (χ1v) is 11.9. The van der Waals surface area contributed by atoms with Crippen LogP contribution in [0.3, 0.4) is 0 Å². The number of carbonyl (C=O) groups excluding carboxylic acids is 3. The maximum absolute atomic E-state index is 13.0. The van der Waals surface area contributed by atoms with Crippen LogP contribution in [0.15, 0.2) is 24.3 Å². The zero-order valence-electron chi connectivity index (χ0n) is 20.2. The summed E-state index contributed by atoms with van der Waals surface area (Å²) >= 11 is 1.25. The minimum Gasteiger partial charge on any atom is -0.493 e. The van der Waals surface area contributed by atoms with Crippen LogP contribution in [-0.2, 0) is 9.53 Å². The number of methoxy groups -OCH3 is 2. The van der Waals surface area contributed by atoms with Crippen molar-refractivity contribution in [1.82, 2.24) is 9.80 Å². The molecule has 1 saturated heterocycles. The van der Waals surface area contributed by atoms with Crippen molar-refractivity contribution in [3.05, 3.63) is 29.1 Å². The summed E-state index contributed by atoms with van der Waals surface area (Å²) in [5.41, 5.74) is 1.24. The predicted molar refractivity (Wildman–Crippen MR) is 131 cm³/mol. The molecule has 0 aliphatic carbocycles. The van der Waals surface area contributed by atoms with Gasteiger partial charge in [0.05, 0.1) is 26.5 Å². The molecule has 0 unspecified atom stereocenters. The maximum Gasteiger partial charge on any atom is 0.350 e. The van der Waals surface area contributed by atoms with E-state index >= 15 is 0 Å². The lowest BCUT2D eigenvalue weighted by Crippen LogP contribution is -2.45. The van der Waals surface area contributed by atoms with Gasteiger partial charge in [0.15, 0.2) is 11.5 Å². The van der Waals surface area contributed by atoms with Gasteiger partial charge in [-0.2, -0.15) is 0 Å². The number of amides is 3. The van der Waals surface area contributed by atoms with Crippen molar-refractivity contribution in [3.8, 4) is 21.9 Å². The van der Waals surface area contributed by atoms with Crippen molar-refractivity contribution < 1.29 is 28.6 Å². The molecule has 184 valence electrons. The third-order valence-corrected chi connectivity index (χ3v) is 6.80. The molecule has 1 aliphatic heterocycles. The Morgan fingerprint density at radius 2 is 1.76 bits per heavy atom. The summed E-state index contributed by atoms with van der Waals surface area (Å²) in [6, 6.07) is 7.20. The van der Waals surface area contributed by atoms with Gasteiger partial charge in [-0.05, 0) is 49.6 Å². The molecule has 3 rings (SSSR count). The number of piperidine rings is 1. The fourth-order valence-electron chi connectivity index (χ4n) is 3.81. The standard InChI is InChI=1S/C24H31N3O6S/c1-6-33-23(29)21-17(14-20(34-21)16-7-8-18(31-4)19(13-16)32-5)25-22(28)15-9-11-27(12-10-15)24(30)26(2)3/h7-8,13-15H,6,9-12H2,1-5H3,(H,25,28). The number of ether oxygens (including phenoxy) is 3. The molecular formula is C24H31N3O6S. The van der Waals surface area contributed by atoms with Crippen molar-refractivity contribution in [3.63, 3.8) is 0 Å². The third kappa shape index (κ3) is 5.61. The number of likely N-dealkylation sites (tertiary alicyclic amines) is 1. The summed E-state index contributed by atoms with van der Waals surface area (Å²) in [7, 11) is 6.55. The fourth-order valence-corrected chi connectivity index (χ4v) is 4.82. The van der Waals surface area contributed by atoms with Gasteiger partial charge in [0.25, 0.3) is 0 Å². The molecule has 1 fully saturated rings. The molecule has 1 N–H and O–H groups in total. The van der Waals surface area contributed by atoms with Crippen LogP contribution in [-0.4, -0.2) is 75.7 Å². The SMILES string of the molecule is CCOC(=O)c1sc(-c2ccc(OC)c(OC)c2)cc1NC(=O)C1CCN(C(=O)N(C)C)CC1. The monoisotopic (exact) mass is 489 g/mol. The minimum absolute atomic E-state index is 0.0548. The topological polar surface area (TPSA) is 97.4 Å². The highest BCUT2D eigenvalue weighted by atomic mass is 32.1. The molecule has 1 aromatic carbocycles. The van der Waals surface area contributed by atoms with Crippen molar-refractivity contribution >= 4 is 34.9 Å². The quantitative estimate of drug-likeness (QED) is 0.592. The molecule has 0 spiro atoms. The molecule has 2 aromatic rings. The molecule has 0 radical (unpaired) electrons. The van der Waals surface area contributed by atoms with Crippen LogP contribution in [0.25, 0.3) is 10.4 Å². The molecule has 34 heavy (non-hydrogen) atoms. The highest BCUT2D eigenvalue weighted by Crippen LogP contribution is 2.39. The smallest absolute Gasteiger partial charge is 0.350 e. The molecule has 1 aliphatic rings. The lowest BCUT2D eigenvalue weighted by molar-refractivity contribution is -0.121. The number of nitrogens with one attached hydrogen (secondary N) is 1. The molecular weight excluding hydrogens is 458 g/mol. The number of hydrogen-bond donors (Lipinski definition) is 1. The van der Waals surface area contributed by atoms with E-state index in [0.29, 0.717) is 48.0 Å². The normalized spacial score (nSPS) is 13.9. The number of rotatable bonds is 7. The first-order chi connectivity index (χ1) is 16.3. The fraction of sp³-hybridized carbons (Fsp3) is 0.458. The average molecular weight is 490 g/mol. The van der Waals surface area contributed by atoms with Gasteiger partial charge in [-0.1, -0.05) is 0 Å². The Labute approximate surface area is 203 Å². The molecule has 0 saturated carbocycles. The van der Waals surface area contributed by atoms with Crippen LogP contribution in [0.2, 0.25) is 0 Å². The number of thiophene rings is 1. The maximum atomic E-state index is 13.0. The van der Waals surface area contributed by atoms with Crippen LogP contribution in [0.1, 0.15) is 29.4 Å². The number of benzene rings is 1. The van der Waals surface area contributed by atoms with E-state index in [9.17, 15) is 14.4 Å². The van der Waals surface area contributed by atoms with Crippen molar-refractivity contribution in [2.45, 2.75) is 19.8 Å². The van der Waals surface area contributed by atoms with E-state index in [1.165, 1.54) is 16.2 Å². The van der Waals surface area contributed by atoms with E-state index in [0.717, 1.165) is 10.4 Å². The lowest BCUT2D eigenvalue weighted by Gasteiger charge is -2.33. The molecule has 2 heterocycles. The second-order valence-corrected chi connectivity index (χ2v) is 9.12. The second kappa shape index (κ2) is 11.2. The largest absolute Gasteiger partial charge is 0.493 e. The predicted octanol–water partition coefficient (Wildman–Crippen LogP) is 3.94. The van der Waals surface area contributed by atoms with Gasteiger partial charge in [0, 0.05) is 38.0 Å². The van der Waals surface area contributed by atoms with E-state index in [2.05, 4.69) is 5.32 Å². The van der Waals surface area contributed by atoms with Crippen molar-refractivity contribution in [2.24, 2.45) is 5.92 Å². The highest BCUT2D eigenvalue weighted by molar-refractivity contribution is 7.18. The zero-order valence-corrected chi connectivity index (χ0v) is 21.0. The number of carbonyl (C=O) groups is 3. The van der Waals surface area contributed by atoms with Crippen molar-refractivity contribution in [2.75, 3.05) is 53.3 Å². The first kappa shape index (κ1) is 25.4. The van der Waals surface area contributed by atoms with Crippen molar-refractivity contribution in [1.29, 1.82) is 0 Å².